The van der Waals surface area contributed by atoms with Crippen molar-refractivity contribution < 1.29 is 28.2 Å². The maximum Gasteiger partial charge on any atom is 0.260 e. The van der Waals surface area contributed by atoms with Crippen LogP contribution in [0.4, 0.5) is 4.39 Å². The molecule has 3 aromatic rings. The summed E-state index contributed by atoms with van der Waals surface area (Å²) in [6.45, 7) is 0.399. The van der Waals surface area contributed by atoms with Crippen molar-refractivity contribution in [1.82, 2.24) is 4.90 Å². The van der Waals surface area contributed by atoms with E-state index in [1.807, 2.05) is 18.2 Å². The largest absolute Gasteiger partial charge is 0.493 e. The number of ether oxygens (including phenoxy) is 3. The van der Waals surface area contributed by atoms with E-state index in [0.29, 0.717) is 41.3 Å². The highest BCUT2D eigenvalue weighted by Gasteiger charge is 2.12. The Balaban J connectivity index is 1.49. The van der Waals surface area contributed by atoms with Gasteiger partial charge in [-0.05, 0) is 72.6 Å². The summed E-state index contributed by atoms with van der Waals surface area (Å²) >= 11 is 0. The normalized spacial score (nSPS) is 10.4. The number of hydrogen-bond donors (Lipinski definition) is 0. The molecule has 0 unspecified atom stereocenters. The number of carbonyl (C=O) groups is 2. The lowest BCUT2D eigenvalue weighted by molar-refractivity contribution is -0.132. The Kier molecular flexibility index (Phi) is 8.02. The zero-order valence-corrected chi connectivity index (χ0v) is 18.8. The third-order valence-corrected chi connectivity index (χ3v) is 5.19. The monoisotopic (exact) mass is 451 g/mol. The molecular weight excluding hydrogens is 425 g/mol. The molecule has 0 aliphatic heterocycles. The third-order valence-electron chi connectivity index (χ3n) is 5.19. The minimum Gasteiger partial charge on any atom is -0.493 e. The molecule has 0 spiro atoms. The molecule has 0 heterocycles. The van der Waals surface area contributed by atoms with Gasteiger partial charge in [0.05, 0.1) is 14.2 Å². The second kappa shape index (κ2) is 11.1. The third kappa shape index (κ3) is 6.32. The van der Waals surface area contributed by atoms with Gasteiger partial charge in [0.1, 0.15) is 11.6 Å². The van der Waals surface area contributed by atoms with Gasteiger partial charge in [-0.1, -0.05) is 6.07 Å². The molecule has 0 fully saturated rings. The van der Waals surface area contributed by atoms with Crippen LogP contribution in [0.1, 0.15) is 21.5 Å². The molecule has 0 aliphatic rings. The zero-order valence-electron chi connectivity index (χ0n) is 18.8. The van der Waals surface area contributed by atoms with E-state index in [4.69, 9.17) is 14.2 Å². The van der Waals surface area contributed by atoms with Crippen molar-refractivity contribution >= 4 is 11.7 Å². The van der Waals surface area contributed by atoms with Gasteiger partial charge in [0, 0.05) is 24.7 Å². The van der Waals surface area contributed by atoms with Crippen LogP contribution in [0, 0.1) is 5.82 Å². The van der Waals surface area contributed by atoms with Crippen molar-refractivity contribution in [3.05, 3.63) is 89.2 Å². The fourth-order valence-corrected chi connectivity index (χ4v) is 3.18. The van der Waals surface area contributed by atoms with Crippen LogP contribution < -0.4 is 14.2 Å². The van der Waals surface area contributed by atoms with E-state index in [1.165, 1.54) is 24.3 Å². The number of hydrogen-bond acceptors (Lipinski definition) is 5. The second-order valence-electron chi connectivity index (χ2n) is 7.40. The van der Waals surface area contributed by atoms with E-state index in [2.05, 4.69) is 0 Å². The number of methoxy groups -OCH3 is 2. The predicted molar refractivity (Wildman–Crippen MR) is 123 cm³/mol. The molecule has 0 N–H and O–H groups in total. The van der Waals surface area contributed by atoms with E-state index >= 15 is 0 Å². The second-order valence-corrected chi connectivity index (χ2v) is 7.40. The van der Waals surface area contributed by atoms with Crippen molar-refractivity contribution in [2.75, 3.05) is 34.4 Å². The Labute approximate surface area is 192 Å². The van der Waals surface area contributed by atoms with Crippen LogP contribution in [0.5, 0.6) is 17.2 Å². The molecule has 0 atom stereocenters. The van der Waals surface area contributed by atoms with E-state index in [-0.39, 0.29) is 18.3 Å². The Morgan fingerprint density at radius 3 is 2.06 bits per heavy atom. The number of amides is 1. The first-order valence-electron chi connectivity index (χ1n) is 10.4. The van der Waals surface area contributed by atoms with Gasteiger partial charge in [0.2, 0.25) is 0 Å². The predicted octanol–water partition coefficient (Wildman–Crippen LogP) is 4.15. The van der Waals surface area contributed by atoms with Gasteiger partial charge in [-0.3, -0.25) is 9.59 Å². The van der Waals surface area contributed by atoms with Crippen LogP contribution in [0.3, 0.4) is 0 Å². The molecule has 0 saturated carbocycles. The summed E-state index contributed by atoms with van der Waals surface area (Å²) in [6, 6.07) is 17.5. The summed E-state index contributed by atoms with van der Waals surface area (Å²) < 4.78 is 29.2. The van der Waals surface area contributed by atoms with Gasteiger partial charge in [-0.25, -0.2) is 4.39 Å². The minimum atomic E-state index is -0.395. The van der Waals surface area contributed by atoms with Gasteiger partial charge in [0.15, 0.2) is 23.9 Å². The number of likely N-dealkylation sites (N-methyl/N-ethyl adjacent to an activating group) is 1. The summed E-state index contributed by atoms with van der Waals surface area (Å²) in [4.78, 5) is 26.5. The molecule has 172 valence electrons. The summed E-state index contributed by atoms with van der Waals surface area (Å²) in [7, 11) is 4.89. The highest BCUT2D eigenvalue weighted by molar-refractivity contribution is 6.09. The van der Waals surface area contributed by atoms with Crippen molar-refractivity contribution in [2.45, 2.75) is 6.42 Å². The summed E-state index contributed by atoms with van der Waals surface area (Å²) in [6.07, 6.45) is 0.656. The highest BCUT2D eigenvalue weighted by atomic mass is 19.1. The molecule has 3 rings (SSSR count). The van der Waals surface area contributed by atoms with Gasteiger partial charge in [-0.2, -0.15) is 0 Å². The highest BCUT2D eigenvalue weighted by Crippen LogP contribution is 2.27. The Morgan fingerprint density at radius 1 is 0.848 bits per heavy atom. The van der Waals surface area contributed by atoms with Gasteiger partial charge < -0.3 is 19.1 Å². The zero-order chi connectivity index (χ0) is 23.8. The van der Waals surface area contributed by atoms with Crippen molar-refractivity contribution in [1.29, 1.82) is 0 Å². The molecule has 3 aromatic carbocycles. The SMILES string of the molecule is COc1ccc(CCN(C)C(=O)COc2ccc(C(=O)c3ccc(F)cc3)cc2)cc1OC. The van der Waals surface area contributed by atoms with Gasteiger partial charge >= 0.3 is 0 Å². The first-order valence-corrected chi connectivity index (χ1v) is 10.4. The molecule has 0 aliphatic carbocycles. The average molecular weight is 451 g/mol. The maximum atomic E-state index is 13.0. The fraction of sp³-hybridized carbons (Fsp3) is 0.231. The first-order chi connectivity index (χ1) is 15.9. The molecule has 0 radical (unpaired) electrons. The van der Waals surface area contributed by atoms with E-state index in [0.717, 1.165) is 5.56 Å². The van der Waals surface area contributed by atoms with Gasteiger partial charge in [-0.15, -0.1) is 0 Å². The van der Waals surface area contributed by atoms with Crippen LogP contribution in [0.2, 0.25) is 0 Å². The number of benzene rings is 3. The summed E-state index contributed by atoms with van der Waals surface area (Å²) in [5.41, 5.74) is 1.87. The number of carbonyl (C=O) groups excluding carboxylic acids is 2. The van der Waals surface area contributed by atoms with Crippen molar-refractivity contribution in [3.8, 4) is 17.2 Å². The topological polar surface area (TPSA) is 65.1 Å². The van der Waals surface area contributed by atoms with Crippen LogP contribution in [0.25, 0.3) is 0 Å². The summed E-state index contributed by atoms with van der Waals surface area (Å²) in [5, 5.41) is 0. The lowest BCUT2D eigenvalue weighted by Crippen LogP contribution is -2.33. The summed E-state index contributed by atoms with van der Waals surface area (Å²) in [5.74, 6) is 1.01. The molecule has 0 bridgehead atoms. The quantitative estimate of drug-likeness (QED) is 0.433. The average Bonchev–Trinajstić information content (AvgIpc) is 2.85. The van der Waals surface area contributed by atoms with E-state index in [9.17, 15) is 14.0 Å². The molecule has 33 heavy (non-hydrogen) atoms. The van der Waals surface area contributed by atoms with Crippen LogP contribution in [-0.2, 0) is 11.2 Å². The number of nitrogens with zero attached hydrogens (tertiary/aromatic N) is 1. The lowest BCUT2D eigenvalue weighted by Gasteiger charge is -2.18. The van der Waals surface area contributed by atoms with E-state index < -0.39 is 5.82 Å². The Bertz CT molecular complexity index is 1100. The molecule has 7 heteroatoms. The fourth-order valence-electron chi connectivity index (χ4n) is 3.18. The smallest absolute Gasteiger partial charge is 0.260 e. The number of rotatable bonds is 10. The molecular formula is C26H26FNO5. The van der Waals surface area contributed by atoms with Crippen LogP contribution in [0.15, 0.2) is 66.7 Å². The Morgan fingerprint density at radius 2 is 1.45 bits per heavy atom. The standard InChI is InChI=1S/C26H26FNO5/c1-28(15-14-18-4-13-23(31-2)24(16-18)32-3)25(29)17-33-22-11-7-20(8-12-22)26(30)19-5-9-21(27)10-6-19/h4-13,16H,14-15,17H2,1-3H3. The Hall–Kier alpha value is -3.87. The molecule has 1 amide bonds. The van der Waals surface area contributed by atoms with Crippen LogP contribution in [-0.4, -0.2) is 51.0 Å². The molecule has 6 nitrogen and oxygen atoms in total. The molecule has 0 aromatic heterocycles. The first kappa shape index (κ1) is 23.8. The molecule has 0 saturated heterocycles. The van der Waals surface area contributed by atoms with Crippen LogP contribution >= 0.6 is 0 Å². The maximum absolute atomic E-state index is 13.0. The minimum absolute atomic E-state index is 0.117. The number of halogens is 1. The van der Waals surface area contributed by atoms with Gasteiger partial charge in [0.25, 0.3) is 5.91 Å². The van der Waals surface area contributed by atoms with E-state index in [1.54, 1.807) is 50.4 Å². The van der Waals surface area contributed by atoms with Crippen molar-refractivity contribution in [2.24, 2.45) is 0 Å². The lowest BCUT2D eigenvalue weighted by atomic mass is 10.0. The number of ketones is 1. The van der Waals surface area contributed by atoms with Crippen molar-refractivity contribution in [3.63, 3.8) is 0 Å².